The second kappa shape index (κ2) is 9.14. The normalized spacial score (nSPS) is 34.6. The molecule has 7 nitrogen and oxygen atoms in total. The van der Waals surface area contributed by atoms with Gasteiger partial charge < -0.3 is 20.0 Å². The number of nitrogens with zero attached hydrogens (tertiary/aromatic N) is 2. The van der Waals surface area contributed by atoms with Crippen molar-refractivity contribution in [2.24, 2.45) is 11.8 Å². The number of hydrogen-bond donors (Lipinski definition) is 2. The first kappa shape index (κ1) is 24.1. The van der Waals surface area contributed by atoms with Gasteiger partial charge in [0.2, 0.25) is 11.8 Å². The van der Waals surface area contributed by atoms with Crippen molar-refractivity contribution in [1.29, 1.82) is 0 Å². The monoisotopic (exact) mass is 452 g/mol. The van der Waals surface area contributed by atoms with Gasteiger partial charge in [-0.3, -0.25) is 14.4 Å². The molecular formula is C23H36N2O5S. The Hall–Kier alpha value is -1.54. The lowest BCUT2D eigenvalue weighted by molar-refractivity contribution is -0.151. The number of thioether (sulfide) groups is 1. The number of aliphatic hydroxyl groups excluding tert-OH is 1. The first-order chi connectivity index (χ1) is 14.7. The van der Waals surface area contributed by atoms with E-state index in [0.29, 0.717) is 32.4 Å². The number of fused-ring (bicyclic) bond motifs is 1. The molecule has 0 aromatic carbocycles. The highest BCUT2D eigenvalue weighted by atomic mass is 32.2. The second-order valence-electron chi connectivity index (χ2n) is 9.34. The van der Waals surface area contributed by atoms with Crippen LogP contribution in [-0.4, -0.2) is 79.1 Å². The minimum Gasteiger partial charge on any atom is -0.481 e. The molecule has 0 aliphatic carbocycles. The molecule has 0 aromatic rings. The molecule has 0 aromatic heterocycles. The average molecular weight is 453 g/mol. The van der Waals surface area contributed by atoms with E-state index in [2.05, 4.69) is 13.5 Å². The number of rotatable bonds is 11. The molecule has 8 heteroatoms. The van der Waals surface area contributed by atoms with Gasteiger partial charge in [-0.25, -0.2) is 0 Å². The summed E-state index contributed by atoms with van der Waals surface area (Å²) in [4.78, 5) is 43.2. The van der Waals surface area contributed by atoms with Crippen LogP contribution in [0.3, 0.4) is 0 Å². The van der Waals surface area contributed by atoms with Gasteiger partial charge in [-0.1, -0.05) is 32.8 Å². The molecule has 0 saturated carbocycles. The number of likely N-dealkylation sites (tertiary alicyclic amines) is 1. The summed E-state index contributed by atoms with van der Waals surface area (Å²) in [6.45, 7) is 10.4. The number of carboxylic acids is 1. The van der Waals surface area contributed by atoms with Crippen LogP contribution in [0, 0.1) is 11.8 Å². The molecule has 2 amide bonds. The van der Waals surface area contributed by atoms with Crippen molar-refractivity contribution < 1.29 is 24.6 Å². The highest BCUT2D eigenvalue weighted by Gasteiger charge is 2.77. The van der Waals surface area contributed by atoms with Crippen molar-refractivity contribution in [2.75, 3.05) is 19.7 Å². The van der Waals surface area contributed by atoms with Crippen LogP contribution in [0.25, 0.3) is 0 Å². The average Bonchev–Trinajstić information content (AvgIpc) is 3.29. The summed E-state index contributed by atoms with van der Waals surface area (Å²) in [6.07, 6.45) is 6.42. The van der Waals surface area contributed by atoms with Crippen LogP contribution in [0.4, 0.5) is 0 Å². The van der Waals surface area contributed by atoms with E-state index in [1.54, 1.807) is 15.9 Å². The number of carbonyl (C=O) groups excluding carboxylic acids is 2. The topological polar surface area (TPSA) is 98.2 Å². The third kappa shape index (κ3) is 3.69. The largest absolute Gasteiger partial charge is 0.481 e. The highest BCUT2D eigenvalue weighted by Crippen LogP contribution is 2.71. The standard InChI is InChI=1S/C23H36N2O5S/c1-5-8-9-13-24(12-6-2)20(28)18-23-11-10-22(4,31-23)17(21(29)30)16(23)19(27)25(18)15(7-3)14-26/h6,15-18,26H,2,5,7-14H2,1,3-4H3,(H,29,30)/t15-,16-,17+,18?,22-,23?/m0/s1. The predicted molar refractivity (Wildman–Crippen MR) is 121 cm³/mol. The van der Waals surface area contributed by atoms with Gasteiger partial charge in [0.1, 0.15) is 6.04 Å². The van der Waals surface area contributed by atoms with E-state index in [1.165, 1.54) is 11.8 Å². The molecule has 174 valence electrons. The van der Waals surface area contributed by atoms with Gasteiger partial charge in [-0.15, -0.1) is 18.3 Å². The number of carbonyl (C=O) groups is 3. The zero-order chi connectivity index (χ0) is 23.0. The van der Waals surface area contributed by atoms with Crippen molar-refractivity contribution in [3.8, 4) is 0 Å². The molecule has 6 atom stereocenters. The summed E-state index contributed by atoms with van der Waals surface area (Å²) in [7, 11) is 0. The molecule has 2 bridgehead atoms. The summed E-state index contributed by atoms with van der Waals surface area (Å²) in [5.41, 5.74) is 0. The van der Waals surface area contributed by atoms with Crippen LogP contribution in [0.15, 0.2) is 12.7 Å². The third-order valence-electron chi connectivity index (χ3n) is 7.48. The zero-order valence-electron chi connectivity index (χ0n) is 18.9. The van der Waals surface area contributed by atoms with Crippen molar-refractivity contribution >= 4 is 29.5 Å². The van der Waals surface area contributed by atoms with Crippen molar-refractivity contribution in [2.45, 2.75) is 80.9 Å². The number of carboxylic acid groups (broad SMARTS) is 1. The maximum Gasteiger partial charge on any atom is 0.308 e. The van der Waals surface area contributed by atoms with Gasteiger partial charge in [-0.05, 0) is 32.6 Å². The SMILES string of the molecule is C=CCN(CCCCC)C(=O)C1N([C@@H](CC)CO)C(=O)[C@@H]2[C@H](C(=O)O)[C@]3(C)CCC12S3. The molecule has 3 rings (SSSR count). The summed E-state index contributed by atoms with van der Waals surface area (Å²) < 4.78 is -1.30. The lowest BCUT2D eigenvalue weighted by Crippen LogP contribution is -2.57. The molecule has 3 heterocycles. The number of amides is 2. The molecule has 3 aliphatic rings. The Morgan fingerprint density at radius 2 is 2.06 bits per heavy atom. The quantitative estimate of drug-likeness (QED) is 0.369. The Morgan fingerprint density at radius 3 is 2.61 bits per heavy atom. The van der Waals surface area contributed by atoms with Crippen LogP contribution in [0.5, 0.6) is 0 Å². The van der Waals surface area contributed by atoms with E-state index >= 15 is 0 Å². The van der Waals surface area contributed by atoms with E-state index in [4.69, 9.17) is 0 Å². The molecule has 2 unspecified atom stereocenters. The zero-order valence-corrected chi connectivity index (χ0v) is 19.7. The van der Waals surface area contributed by atoms with Crippen LogP contribution in [0.1, 0.15) is 59.3 Å². The fourth-order valence-corrected chi connectivity index (χ4v) is 8.33. The van der Waals surface area contributed by atoms with Gasteiger partial charge in [0.05, 0.1) is 29.2 Å². The van der Waals surface area contributed by atoms with Gasteiger partial charge >= 0.3 is 5.97 Å². The first-order valence-electron chi connectivity index (χ1n) is 11.5. The van der Waals surface area contributed by atoms with Gasteiger partial charge in [0.15, 0.2) is 0 Å². The van der Waals surface area contributed by atoms with Gasteiger partial charge in [0, 0.05) is 17.8 Å². The lowest BCUT2D eigenvalue weighted by atomic mass is 9.66. The van der Waals surface area contributed by atoms with E-state index in [1.807, 2.05) is 13.8 Å². The van der Waals surface area contributed by atoms with Crippen LogP contribution < -0.4 is 0 Å². The predicted octanol–water partition coefficient (Wildman–Crippen LogP) is 2.53. The Kier molecular flexibility index (Phi) is 7.11. The fourth-order valence-electron chi connectivity index (χ4n) is 6.00. The van der Waals surface area contributed by atoms with E-state index in [-0.39, 0.29) is 18.4 Å². The molecule has 1 spiro atoms. The molecule has 3 saturated heterocycles. The van der Waals surface area contributed by atoms with E-state index in [9.17, 15) is 24.6 Å². The molecule has 2 N–H and O–H groups in total. The molecule has 3 aliphatic heterocycles. The maximum absolute atomic E-state index is 14.0. The van der Waals surface area contributed by atoms with E-state index < -0.39 is 39.4 Å². The Balaban J connectivity index is 2.06. The third-order valence-corrected chi connectivity index (χ3v) is 9.47. The van der Waals surface area contributed by atoms with Crippen LogP contribution in [0.2, 0.25) is 0 Å². The molecule has 3 fully saturated rings. The summed E-state index contributed by atoms with van der Waals surface area (Å²) in [6, 6.07) is -1.25. The van der Waals surface area contributed by atoms with Crippen LogP contribution >= 0.6 is 11.8 Å². The smallest absolute Gasteiger partial charge is 0.308 e. The first-order valence-corrected chi connectivity index (χ1v) is 12.3. The summed E-state index contributed by atoms with van der Waals surface area (Å²) in [5, 5.41) is 20.0. The van der Waals surface area contributed by atoms with Crippen molar-refractivity contribution in [3.63, 3.8) is 0 Å². The van der Waals surface area contributed by atoms with Crippen LogP contribution in [-0.2, 0) is 14.4 Å². The highest BCUT2D eigenvalue weighted by molar-refractivity contribution is 8.02. The van der Waals surface area contributed by atoms with Gasteiger partial charge in [-0.2, -0.15) is 0 Å². The number of aliphatic carboxylic acids is 1. The second-order valence-corrected chi connectivity index (χ2v) is 11.2. The summed E-state index contributed by atoms with van der Waals surface area (Å²) >= 11 is 1.54. The van der Waals surface area contributed by atoms with Gasteiger partial charge in [0.25, 0.3) is 0 Å². The van der Waals surface area contributed by atoms with E-state index in [0.717, 1.165) is 19.3 Å². The van der Waals surface area contributed by atoms with Crippen molar-refractivity contribution in [1.82, 2.24) is 9.80 Å². The fraction of sp³-hybridized carbons (Fsp3) is 0.783. The lowest BCUT2D eigenvalue weighted by Gasteiger charge is -2.39. The van der Waals surface area contributed by atoms with Crippen molar-refractivity contribution in [3.05, 3.63) is 12.7 Å². The number of aliphatic hydroxyl groups is 1. The molecule has 0 radical (unpaired) electrons. The minimum atomic E-state index is -0.967. The summed E-state index contributed by atoms with van der Waals surface area (Å²) in [5.74, 6) is -2.94. The Labute approximate surface area is 189 Å². The Bertz CT molecular complexity index is 741. The maximum atomic E-state index is 14.0. The minimum absolute atomic E-state index is 0.137. The number of hydrogen-bond acceptors (Lipinski definition) is 5. The number of unbranched alkanes of at least 4 members (excludes halogenated alkanes) is 2. The molecule has 31 heavy (non-hydrogen) atoms. The molecular weight excluding hydrogens is 416 g/mol. The Morgan fingerprint density at radius 1 is 1.35 bits per heavy atom.